The first-order valence-electron chi connectivity index (χ1n) is 7.81. The summed E-state index contributed by atoms with van der Waals surface area (Å²) in [6.07, 6.45) is 4.54. The van der Waals surface area contributed by atoms with E-state index >= 15 is 0 Å². The molecule has 0 aliphatic rings. The van der Waals surface area contributed by atoms with Crippen molar-refractivity contribution in [3.05, 3.63) is 70.8 Å². The van der Waals surface area contributed by atoms with E-state index < -0.39 is 0 Å². The molecule has 0 saturated heterocycles. The van der Waals surface area contributed by atoms with E-state index in [1.807, 2.05) is 12.1 Å². The van der Waals surface area contributed by atoms with Gasteiger partial charge >= 0.3 is 0 Å². The van der Waals surface area contributed by atoms with E-state index in [0.29, 0.717) is 17.9 Å². The summed E-state index contributed by atoms with van der Waals surface area (Å²) in [5, 5.41) is 6.99. The standard InChI is InChI=1S/C18H18BrN5O/c1-18(2,14-4-6-15(19)7-5-14)10-22-17(25)13-3-8-16(21-9-13)24-12-20-11-23-24/h3-9,11-12H,10H2,1-2H3,(H,22,25). The summed E-state index contributed by atoms with van der Waals surface area (Å²) in [6.45, 7) is 4.73. The van der Waals surface area contributed by atoms with E-state index in [4.69, 9.17) is 0 Å². The highest BCUT2D eigenvalue weighted by Crippen LogP contribution is 2.24. The lowest BCUT2D eigenvalue weighted by molar-refractivity contribution is 0.0945. The molecule has 2 aromatic heterocycles. The molecular weight excluding hydrogens is 382 g/mol. The minimum Gasteiger partial charge on any atom is -0.351 e. The van der Waals surface area contributed by atoms with Gasteiger partial charge in [-0.3, -0.25) is 4.79 Å². The molecule has 0 aliphatic carbocycles. The Bertz CT molecular complexity index is 842. The number of hydrogen-bond donors (Lipinski definition) is 1. The van der Waals surface area contributed by atoms with Crippen molar-refractivity contribution >= 4 is 21.8 Å². The molecule has 0 atom stereocenters. The average molecular weight is 400 g/mol. The van der Waals surface area contributed by atoms with E-state index in [2.05, 4.69) is 62.3 Å². The van der Waals surface area contributed by atoms with Crippen LogP contribution in [0.5, 0.6) is 0 Å². The fraction of sp³-hybridized carbons (Fsp3) is 0.222. The third-order valence-corrected chi connectivity index (χ3v) is 4.51. The number of carbonyl (C=O) groups is 1. The molecule has 128 valence electrons. The second kappa shape index (κ2) is 7.14. The number of benzene rings is 1. The maximum atomic E-state index is 12.4. The molecule has 0 bridgehead atoms. The molecule has 0 radical (unpaired) electrons. The fourth-order valence-corrected chi connectivity index (χ4v) is 2.65. The van der Waals surface area contributed by atoms with Gasteiger partial charge in [0.05, 0.1) is 5.56 Å². The topological polar surface area (TPSA) is 72.7 Å². The van der Waals surface area contributed by atoms with Crippen LogP contribution in [0.2, 0.25) is 0 Å². The summed E-state index contributed by atoms with van der Waals surface area (Å²) in [5.74, 6) is 0.465. The quantitative estimate of drug-likeness (QED) is 0.714. The van der Waals surface area contributed by atoms with Gasteiger partial charge in [-0.05, 0) is 29.8 Å². The minimum atomic E-state index is -0.176. The second-order valence-electron chi connectivity index (χ2n) is 6.32. The molecule has 0 aliphatic heterocycles. The molecule has 3 aromatic rings. The van der Waals surface area contributed by atoms with Crippen LogP contribution in [-0.4, -0.2) is 32.2 Å². The summed E-state index contributed by atoms with van der Waals surface area (Å²) in [5.41, 5.74) is 1.50. The van der Waals surface area contributed by atoms with E-state index in [1.54, 1.807) is 29.3 Å². The maximum absolute atomic E-state index is 12.4. The van der Waals surface area contributed by atoms with Crippen LogP contribution in [0.1, 0.15) is 29.8 Å². The van der Waals surface area contributed by atoms with E-state index in [9.17, 15) is 4.79 Å². The molecule has 0 fully saturated rings. The lowest BCUT2D eigenvalue weighted by Gasteiger charge is -2.25. The number of nitrogens with one attached hydrogen (secondary N) is 1. The number of halogens is 1. The third-order valence-electron chi connectivity index (χ3n) is 3.98. The van der Waals surface area contributed by atoms with Crippen molar-refractivity contribution in [3.8, 4) is 5.82 Å². The SMILES string of the molecule is CC(C)(CNC(=O)c1ccc(-n2cncn2)nc1)c1ccc(Br)cc1. The van der Waals surface area contributed by atoms with Gasteiger partial charge in [-0.1, -0.05) is 41.9 Å². The second-order valence-corrected chi connectivity index (χ2v) is 7.23. The van der Waals surface area contributed by atoms with Crippen molar-refractivity contribution in [2.45, 2.75) is 19.3 Å². The number of pyridine rings is 1. The molecule has 0 spiro atoms. The lowest BCUT2D eigenvalue weighted by Crippen LogP contribution is -2.36. The van der Waals surface area contributed by atoms with Crippen LogP contribution in [-0.2, 0) is 5.41 Å². The highest BCUT2D eigenvalue weighted by molar-refractivity contribution is 9.10. The summed E-state index contributed by atoms with van der Waals surface area (Å²) in [6, 6.07) is 11.6. The predicted molar refractivity (Wildman–Crippen MR) is 98.7 cm³/mol. The largest absolute Gasteiger partial charge is 0.351 e. The zero-order valence-corrected chi connectivity index (χ0v) is 15.6. The number of aromatic nitrogens is 4. The minimum absolute atomic E-state index is 0.150. The Hall–Kier alpha value is -2.54. The Kier molecular flexibility index (Phi) is 4.94. The number of hydrogen-bond acceptors (Lipinski definition) is 4. The molecule has 6 nitrogen and oxygen atoms in total. The molecule has 1 N–H and O–H groups in total. The molecule has 1 aromatic carbocycles. The van der Waals surface area contributed by atoms with Crippen molar-refractivity contribution in [2.75, 3.05) is 6.54 Å². The zero-order valence-electron chi connectivity index (χ0n) is 14.0. The van der Waals surface area contributed by atoms with Crippen LogP contribution >= 0.6 is 15.9 Å². The molecule has 2 heterocycles. The number of carbonyl (C=O) groups excluding carboxylic acids is 1. The molecule has 0 saturated carbocycles. The van der Waals surface area contributed by atoms with Crippen LogP contribution in [0.3, 0.4) is 0 Å². The van der Waals surface area contributed by atoms with Gasteiger partial charge in [0, 0.05) is 22.6 Å². The Balaban J connectivity index is 1.65. The Morgan fingerprint density at radius 3 is 2.56 bits per heavy atom. The van der Waals surface area contributed by atoms with Gasteiger partial charge < -0.3 is 5.32 Å². The summed E-state index contributed by atoms with van der Waals surface area (Å²) in [4.78, 5) is 20.5. The van der Waals surface area contributed by atoms with Gasteiger partial charge in [-0.2, -0.15) is 5.10 Å². The first-order chi connectivity index (χ1) is 12.0. The lowest BCUT2D eigenvalue weighted by atomic mass is 9.84. The normalized spacial score (nSPS) is 11.3. The van der Waals surface area contributed by atoms with Crippen LogP contribution in [0.4, 0.5) is 0 Å². The monoisotopic (exact) mass is 399 g/mol. The summed E-state index contributed by atoms with van der Waals surface area (Å²) < 4.78 is 2.58. The van der Waals surface area contributed by atoms with Crippen LogP contribution in [0, 0.1) is 0 Å². The van der Waals surface area contributed by atoms with Crippen molar-refractivity contribution in [2.24, 2.45) is 0 Å². The van der Waals surface area contributed by atoms with Crippen molar-refractivity contribution < 1.29 is 4.79 Å². The van der Waals surface area contributed by atoms with E-state index in [1.165, 1.54) is 6.33 Å². The van der Waals surface area contributed by atoms with Crippen molar-refractivity contribution in [1.82, 2.24) is 25.1 Å². The average Bonchev–Trinajstić information content (AvgIpc) is 3.15. The van der Waals surface area contributed by atoms with Crippen LogP contribution in [0.15, 0.2) is 59.7 Å². The van der Waals surface area contributed by atoms with Gasteiger partial charge in [0.2, 0.25) is 0 Å². The van der Waals surface area contributed by atoms with Crippen molar-refractivity contribution in [3.63, 3.8) is 0 Å². The number of amides is 1. The van der Waals surface area contributed by atoms with Gasteiger partial charge in [0.1, 0.15) is 12.7 Å². The van der Waals surface area contributed by atoms with Gasteiger partial charge in [0.15, 0.2) is 5.82 Å². The van der Waals surface area contributed by atoms with E-state index in [-0.39, 0.29) is 11.3 Å². The fourth-order valence-electron chi connectivity index (χ4n) is 2.39. The highest BCUT2D eigenvalue weighted by atomic mass is 79.9. The molecule has 1 amide bonds. The zero-order chi connectivity index (χ0) is 17.9. The van der Waals surface area contributed by atoms with Gasteiger partial charge in [-0.25, -0.2) is 14.6 Å². The van der Waals surface area contributed by atoms with Gasteiger partial charge in [-0.15, -0.1) is 0 Å². The Morgan fingerprint density at radius 2 is 1.96 bits per heavy atom. The molecular formula is C18H18BrN5O. The number of nitrogens with zero attached hydrogens (tertiary/aromatic N) is 4. The first-order valence-corrected chi connectivity index (χ1v) is 8.60. The maximum Gasteiger partial charge on any atom is 0.252 e. The smallest absolute Gasteiger partial charge is 0.252 e. The van der Waals surface area contributed by atoms with E-state index in [0.717, 1.165) is 10.0 Å². The molecule has 3 rings (SSSR count). The summed E-state index contributed by atoms with van der Waals surface area (Å²) in [7, 11) is 0. The Morgan fingerprint density at radius 1 is 1.20 bits per heavy atom. The number of rotatable bonds is 5. The summed E-state index contributed by atoms with van der Waals surface area (Å²) >= 11 is 3.44. The predicted octanol–water partition coefficient (Wildman–Crippen LogP) is 3.13. The highest BCUT2D eigenvalue weighted by Gasteiger charge is 2.21. The molecule has 7 heteroatoms. The third kappa shape index (κ3) is 4.11. The molecule has 0 unspecified atom stereocenters. The van der Waals surface area contributed by atoms with Gasteiger partial charge in [0.25, 0.3) is 5.91 Å². The first kappa shape index (κ1) is 17.3. The molecule has 25 heavy (non-hydrogen) atoms. The van der Waals surface area contributed by atoms with Crippen LogP contribution in [0.25, 0.3) is 5.82 Å². The Labute approximate surface area is 154 Å². The van der Waals surface area contributed by atoms with Crippen molar-refractivity contribution in [1.29, 1.82) is 0 Å². The van der Waals surface area contributed by atoms with Crippen LogP contribution < -0.4 is 5.32 Å².